The molecule has 0 heterocycles. The maximum Gasteiger partial charge on any atom is 0.331 e. The standard InChI is InChI=1S/C17H12FNO5/c18-14-6-4-13(5-7-14)16(20)11-24-17(21)10-3-12-1-8-15(9-2-12)19(22)23/h1-10H,11H2/b10-3+. The van der Waals surface area contributed by atoms with Crippen molar-refractivity contribution < 1.29 is 23.6 Å². The summed E-state index contributed by atoms with van der Waals surface area (Å²) in [6.45, 7) is -0.463. The first kappa shape index (κ1) is 17.0. The van der Waals surface area contributed by atoms with Gasteiger partial charge in [0.25, 0.3) is 5.69 Å². The summed E-state index contributed by atoms with van der Waals surface area (Å²) in [6.07, 6.45) is 2.52. The van der Waals surface area contributed by atoms with Crippen molar-refractivity contribution in [1.29, 1.82) is 0 Å². The van der Waals surface area contributed by atoms with E-state index in [1.165, 1.54) is 42.5 Å². The molecule has 0 unspecified atom stereocenters. The summed E-state index contributed by atoms with van der Waals surface area (Å²) in [5.74, 6) is -1.65. The Morgan fingerprint density at radius 1 is 1.08 bits per heavy atom. The number of nitrogens with zero attached hydrogens (tertiary/aromatic N) is 1. The van der Waals surface area contributed by atoms with E-state index in [0.717, 1.165) is 18.2 Å². The predicted molar refractivity (Wildman–Crippen MR) is 83.8 cm³/mol. The van der Waals surface area contributed by atoms with Gasteiger partial charge in [-0.2, -0.15) is 0 Å². The molecule has 0 fully saturated rings. The van der Waals surface area contributed by atoms with Crippen LogP contribution in [0.1, 0.15) is 15.9 Å². The summed E-state index contributed by atoms with van der Waals surface area (Å²) in [5, 5.41) is 10.5. The molecule has 6 nitrogen and oxygen atoms in total. The molecule has 122 valence electrons. The first-order valence-electron chi connectivity index (χ1n) is 6.84. The van der Waals surface area contributed by atoms with Crippen molar-refractivity contribution >= 4 is 23.5 Å². The van der Waals surface area contributed by atoms with Crippen LogP contribution in [0.2, 0.25) is 0 Å². The molecule has 2 aromatic carbocycles. The van der Waals surface area contributed by atoms with E-state index >= 15 is 0 Å². The Bertz CT molecular complexity index is 782. The summed E-state index contributed by atoms with van der Waals surface area (Å²) in [7, 11) is 0. The lowest BCUT2D eigenvalue weighted by atomic mass is 10.1. The minimum atomic E-state index is -0.733. The lowest BCUT2D eigenvalue weighted by molar-refractivity contribution is -0.384. The van der Waals surface area contributed by atoms with E-state index in [1.54, 1.807) is 0 Å². The highest BCUT2D eigenvalue weighted by molar-refractivity contribution is 5.98. The topological polar surface area (TPSA) is 86.5 Å². The molecule has 0 saturated heterocycles. The Balaban J connectivity index is 1.87. The van der Waals surface area contributed by atoms with Gasteiger partial charge in [0.15, 0.2) is 12.4 Å². The van der Waals surface area contributed by atoms with Crippen molar-refractivity contribution in [3.8, 4) is 0 Å². The van der Waals surface area contributed by atoms with Crippen LogP contribution in [-0.2, 0) is 9.53 Å². The van der Waals surface area contributed by atoms with Crippen LogP contribution in [0, 0.1) is 15.9 Å². The van der Waals surface area contributed by atoms with Gasteiger partial charge in [0.2, 0.25) is 0 Å². The largest absolute Gasteiger partial charge is 0.454 e. The number of benzene rings is 2. The lowest BCUT2D eigenvalue weighted by Gasteiger charge is -2.02. The molecular weight excluding hydrogens is 317 g/mol. The second-order valence-electron chi connectivity index (χ2n) is 4.72. The Morgan fingerprint density at radius 2 is 1.71 bits per heavy atom. The molecule has 0 aliphatic rings. The number of Topliss-reactive ketones (excluding diaryl/α,β-unsaturated/α-hetero) is 1. The summed E-state index contributed by atoms with van der Waals surface area (Å²) >= 11 is 0. The molecule has 2 rings (SSSR count). The highest BCUT2D eigenvalue weighted by Crippen LogP contribution is 2.13. The highest BCUT2D eigenvalue weighted by atomic mass is 19.1. The molecule has 0 atom stereocenters. The van der Waals surface area contributed by atoms with Crippen LogP contribution in [0.3, 0.4) is 0 Å². The van der Waals surface area contributed by atoms with Crippen LogP contribution < -0.4 is 0 Å². The summed E-state index contributed by atoms with van der Waals surface area (Å²) in [5.41, 5.74) is 0.755. The van der Waals surface area contributed by atoms with Gasteiger partial charge < -0.3 is 4.74 Å². The number of carbonyl (C=O) groups excluding carboxylic acids is 2. The minimum Gasteiger partial charge on any atom is -0.454 e. The second kappa shape index (κ2) is 7.77. The van der Waals surface area contributed by atoms with Gasteiger partial charge in [-0.15, -0.1) is 0 Å². The number of hydrogen-bond acceptors (Lipinski definition) is 5. The Hall–Kier alpha value is -3.35. The average molecular weight is 329 g/mol. The van der Waals surface area contributed by atoms with Crippen LogP contribution in [-0.4, -0.2) is 23.3 Å². The third-order valence-corrected chi connectivity index (χ3v) is 3.03. The van der Waals surface area contributed by atoms with Gasteiger partial charge in [0, 0.05) is 23.8 Å². The Morgan fingerprint density at radius 3 is 2.29 bits per heavy atom. The van der Waals surface area contributed by atoms with Crippen LogP contribution >= 0.6 is 0 Å². The molecule has 0 spiro atoms. The van der Waals surface area contributed by atoms with Gasteiger partial charge >= 0.3 is 5.97 Å². The molecule has 2 aromatic rings. The maximum absolute atomic E-state index is 12.8. The molecule has 0 aliphatic carbocycles. The Labute approximate surface area is 136 Å². The van der Waals surface area contributed by atoms with E-state index in [0.29, 0.717) is 5.56 Å². The number of nitro benzene ring substituents is 1. The number of rotatable bonds is 6. The van der Waals surface area contributed by atoms with Crippen LogP contribution in [0.4, 0.5) is 10.1 Å². The van der Waals surface area contributed by atoms with Gasteiger partial charge in [-0.25, -0.2) is 9.18 Å². The van der Waals surface area contributed by atoms with E-state index in [2.05, 4.69) is 0 Å². The zero-order chi connectivity index (χ0) is 17.5. The number of halogens is 1. The fourth-order valence-corrected chi connectivity index (χ4v) is 1.78. The quantitative estimate of drug-likeness (QED) is 0.267. The normalized spacial score (nSPS) is 10.5. The van der Waals surface area contributed by atoms with Crippen molar-refractivity contribution in [2.24, 2.45) is 0 Å². The van der Waals surface area contributed by atoms with Gasteiger partial charge in [-0.05, 0) is 48.0 Å². The molecule has 24 heavy (non-hydrogen) atoms. The summed E-state index contributed by atoms with van der Waals surface area (Å²) in [6, 6.07) is 10.5. The number of nitro groups is 1. The minimum absolute atomic E-state index is 0.0559. The molecular formula is C17H12FNO5. The van der Waals surface area contributed by atoms with E-state index in [4.69, 9.17) is 4.74 Å². The van der Waals surface area contributed by atoms with E-state index in [-0.39, 0.29) is 11.3 Å². The molecule has 0 saturated carbocycles. The molecule has 0 N–H and O–H groups in total. The number of non-ortho nitro benzene ring substituents is 1. The number of hydrogen-bond donors (Lipinski definition) is 0. The van der Waals surface area contributed by atoms with E-state index in [1.807, 2.05) is 0 Å². The molecule has 0 aromatic heterocycles. The third-order valence-electron chi connectivity index (χ3n) is 3.03. The fraction of sp³-hybridized carbons (Fsp3) is 0.0588. The van der Waals surface area contributed by atoms with Gasteiger partial charge in [0.05, 0.1) is 4.92 Å². The molecule has 0 amide bonds. The number of ketones is 1. The van der Waals surface area contributed by atoms with E-state index in [9.17, 15) is 24.1 Å². The monoisotopic (exact) mass is 329 g/mol. The first-order chi connectivity index (χ1) is 11.5. The van der Waals surface area contributed by atoms with Gasteiger partial charge in [-0.3, -0.25) is 14.9 Å². The summed E-state index contributed by atoms with van der Waals surface area (Å²) in [4.78, 5) is 33.3. The van der Waals surface area contributed by atoms with Gasteiger partial charge in [-0.1, -0.05) is 0 Å². The zero-order valence-electron chi connectivity index (χ0n) is 12.3. The van der Waals surface area contributed by atoms with Crippen molar-refractivity contribution in [2.45, 2.75) is 0 Å². The fourth-order valence-electron chi connectivity index (χ4n) is 1.78. The van der Waals surface area contributed by atoms with Crippen molar-refractivity contribution in [3.63, 3.8) is 0 Å². The number of ether oxygens (including phenoxy) is 1. The summed E-state index contributed by atoms with van der Waals surface area (Å²) < 4.78 is 17.5. The smallest absolute Gasteiger partial charge is 0.331 e. The highest BCUT2D eigenvalue weighted by Gasteiger charge is 2.08. The molecule has 0 bridgehead atoms. The first-order valence-corrected chi connectivity index (χ1v) is 6.84. The lowest BCUT2D eigenvalue weighted by Crippen LogP contribution is -2.12. The third kappa shape index (κ3) is 4.84. The zero-order valence-corrected chi connectivity index (χ0v) is 12.3. The van der Waals surface area contributed by atoms with Gasteiger partial charge in [0.1, 0.15) is 5.82 Å². The molecule has 0 radical (unpaired) electrons. The van der Waals surface area contributed by atoms with Crippen molar-refractivity contribution in [2.75, 3.05) is 6.61 Å². The maximum atomic E-state index is 12.8. The Kier molecular flexibility index (Phi) is 5.51. The predicted octanol–water partition coefficient (Wildman–Crippen LogP) is 3.17. The van der Waals surface area contributed by atoms with Crippen molar-refractivity contribution in [3.05, 3.63) is 81.7 Å². The van der Waals surface area contributed by atoms with E-state index < -0.39 is 29.1 Å². The van der Waals surface area contributed by atoms with Crippen LogP contribution in [0.15, 0.2) is 54.6 Å². The molecule has 7 heteroatoms. The van der Waals surface area contributed by atoms with Crippen molar-refractivity contribution in [1.82, 2.24) is 0 Å². The SMILES string of the molecule is O=C(/C=C/c1ccc([N+](=O)[O-])cc1)OCC(=O)c1ccc(F)cc1. The van der Waals surface area contributed by atoms with Crippen LogP contribution in [0.25, 0.3) is 6.08 Å². The number of carbonyl (C=O) groups is 2. The number of esters is 1. The average Bonchev–Trinajstić information content (AvgIpc) is 2.58. The van der Waals surface area contributed by atoms with Crippen LogP contribution in [0.5, 0.6) is 0 Å². The molecule has 0 aliphatic heterocycles. The second-order valence-corrected chi connectivity index (χ2v) is 4.72.